The molecule has 0 unspecified atom stereocenters. The Hall–Kier alpha value is -3.27. The van der Waals surface area contributed by atoms with Crippen LogP contribution in [0.3, 0.4) is 0 Å². The Balaban J connectivity index is 1.23. The smallest absolute Gasteiger partial charge is 0.214 e. The lowest BCUT2D eigenvalue weighted by Gasteiger charge is -2.10. The quantitative estimate of drug-likeness (QED) is 0.259. The van der Waals surface area contributed by atoms with E-state index in [-0.39, 0.29) is 0 Å². The Kier molecular flexibility index (Phi) is 7.22. The lowest BCUT2D eigenvalue weighted by atomic mass is 10.2. The molecule has 0 aliphatic heterocycles. The van der Waals surface area contributed by atoms with Crippen molar-refractivity contribution in [2.75, 3.05) is 12.4 Å². The Labute approximate surface area is 184 Å². The molecule has 0 spiro atoms. The third-order valence-electron chi connectivity index (χ3n) is 4.55. The number of aromatic nitrogens is 8. The Morgan fingerprint density at radius 3 is 2.61 bits per heavy atom. The molecule has 0 saturated carbocycles. The van der Waals surface area contributed by atoms with Gasteiger partial charge >= 0.3 is 0 Å². The minimum atomic E-state index is 0.592. The summed E-state index contributed by atoms with van der Waals surface area (Å²) in [5.74, 6) is 2.36. The first-order valence-corrected chi connectivity index (χ1v) is 11.3. The van der Waals surface area contributed by atoms with Crippen molar-refractivity contribution in [1.29, 1.82) is 0 Å². The topological polar surface area (TPSA) is 96.4 Å². The average Bonchev–Trinajstić information content (AvgIpc) is 3.47. The van der Waals surface area contributed by atoms with Crippen LogP contribution in [0.5, 0.6) is 5.75 Å². The van der Waals surface area contributed by atoms with E-state index < -0.39 is 0 Å². The minimum absolute atomic E-state index is 0.592. The maximum absolute atomic E-state index is 5.70. The lowest BCUT2D eigenvalue weighted by molar-refractivity contribution is 0.337. The predicted molar refractivity (Wildman–Crippen MR) is 118 cm³/mol. The number of ether oxygens (including phenoxy) is 1. The average molecular weight is 437 g/mol. The van der Waals surface area contributed by atoms with E-state index in [4.69, 9.17) is 4.74 Å². The van der Waals surface area contributed by atoms with Gasteiger partial charge in [0.2, 0.25) is 11.0 Å². The van der Waals surface area contributed by atoms with E-state index in [1.54, 1.807) is 21.2 Å². The molecule has 0 aliphatic rings. The van der Waals surface area contributed by atoms with Crippen molar-refractivity contribution in [3.8, 4) is 22.8 Å². The summed E-state index contributed by atoms with van der Waals surface area (Å²) >= 11 is 1.64. The molecule has 0 N–H and O–H groups in total. The molecule has 4 rings (SSSR count). The van der Waals surface area contributed by atoms with Gasteiger partial charge in [-0.05, 0) is 47.5 Å². The molecule has 2 heterocycles. The summed E-state index contributed by atoms with van der Waals surface area (Å²) < 4.78 is 7.44. The number of para-hydroxylation sites is 2. The van der Waals surface area contributed by atoms with E-state index >= 15 is 0 Å². The van der Waals surface area contributed by atoms with Crippen LogP contribution in [-0.2, 0) is 6.54 Å². The first-order valence-electron chi connectivity index (χ1n) is 10.3. The van der Waals surface area contributed by atoms with Crippen LogP contribution in [0, 0.1) is 0 Å². The number of hydrogen-bond acceptors (Lipinski definition) is 8. The van der Waals surface area contributed by atoms with Gasteiger partial charge in [-0.1, -0.05) is 60.6 Å². The maximum Gasteiger partial charge on any atom is 0.214 e. The number of rotatable bonds is 11. The zero-order valence-electron chi connectivity index (χ0n) is 17.3. The molecule has 2 aromatic carbocycles. The zero-order valence-corrected chi connectivity index (χ0v) is 18.1. The largest absolute Gasteiger partial charge is 0.492 e. The summed E-state index contributed by atoms with van der Waals surface area (Å²) in [4.78, 5) is 1.67. The number of tetrazole rings is 2. The van der Waals surface area contributed by atoms with Gasteiger partial charge in [0.25, 0.3) is 0 Å². The Bertz CT molecular complexity index is 1080. The van der Waals surface area contributed by atoms with Gasteiger partial charge in [0, 0.05) is 11.3 Å². The van der Waals surface area contributed by atoms with Gasteiger partial charge in [-0.2, -0.15) is 9.48 Å². The number of hydrogen-bond donors (Lipinski definition) is 0. The van der Waals surface area contributed by atoms with Crippen molar-refractivity contribution in [1.82, 2.24) is 40.4 Å². The van der Waals surface area contributed by atoms with E-state index in [9.17, 15) is 0 Å². The maximum atomic E-state index is 5.70. The molecule has 9 nitrogen and oxygen atoms in total. The van der Waals surface area contributed by atoms with Crippen molar-refractivity contribution in [2.45, 2.75) is 37.9 Å². The normalized spacial score (nSPS) is 11.0. The van der Waals surface area contributed by atoms with Gasteiger partial charge in [0.1, 0.15) is 11.4 Å². The number of thioether (sulfide) groups is 1. The minimum Gasteiger partial charge on any atom is -0.492 e. The molecule has 31 heavy (non-hydrogen) atoms. The molecular weight excluding hydrogens is 412 g/mol. The predicted octanol–water partition coefficient (Wildman–Crippen LogP) is 3.68. The standard InChI is InChI=1S/C21H24N8OS/c1-2-30-19-14-8-7-13-18(19)29-21(23-25-27-29)31-16-10-4-9-15-28-24-20(22-26-28)17-11-5-3-6-12-17/h3,5-8,11-14H,2,4,9-10,15-16H2,1H3. The van der Waals surface area contributed by atoms with Gasteiger partial charge in [-0.3, -0.25) is 0 Å². The highest BCUT2D eigenvalue weighted by Crippen LogP contribution is 2.26. The third kappa shape index (κ3) is 5.46. The molecule has 0 fully saturated rings. The lowest BCUT2D eigenvalue weighted by Crippen LogP contribution is -2.04. The van der Waals surface area contributed by atoms with Crippen molar-refractivity contribution in [3.63, 3.8) is 0 Å². The summed E-state index contributed by atoms with van der Waals surface area (Å²) in [6.07, 6.45) is 3.10. The number of nitrogens with zero attached hydrogens (tertiary/aromatic N) is 8. The molecule has 4 aromatic rings. The molecule has 0 bridgehead atoms. The molecule has 160 valence electrons. The van der Waals surface area contributed by atoms with Crippen LogP contribution < -0.4 is 4.74 Å². The summed E-state index contributed by atoms with van der Waals surface area (Å²) in [7, 11) is 0. The summed E-state index contributed by atoms with van der Waals surface area (Å²) in [5.41, 5.74) is 1.83. The second-order valence-electron chi connectivity index (χ2n) is 6.76. The summed E-state index contributed by atoms with van der Waals surface area (Å²) in [5, 5.41) is 25.6. The van der Waals surface area contributed by atoms with Crippen molar-refractivity contribution < 1.29 is 4.74 Å². The first-order chi connectivity index (χ1) is 15.3. The van der Waals surface area contributed by atoms with Crippen molar-refractivity contribution >= 4 is 11.8 Å². The summed E-state index contributed by atoms with van der Waals surface area (Å²) in [6, 6.07) is 17.7. The van der Waals surface area contributed by atoms with Crippen LogP contribution in [0.15, 0.2) is 59.8 Å². The van der Waals surface area contributed by atoms with Crippen LogP contribution in [-0.4, -0.2) is 52.8 Å². The highest BCUT2D eigenvalue weighted by atomic mass is 32.2. The highest BCUT2D eigenvalue weighted by molar-refractivity contribution is 7.99. The number of aryl methyl sites for hydroxylation is 1. The molecule has 0 amide bonds. The van der Waals surface area contributed by atoms with E-state index in [0.29, 0.717) is 12.4 Å². The van der Waals surface area contributed by atoms with Crippen molar-refractivity contribution in [3.05, 3.63) is 54.6 Å². The van der Waals surface area contributed by atoms with Crippen LogP contribution in [0.1, 0.15) is 26.2 Å². The number of benzene rings is 2. The van der Waals surface area contributed by atoms with Crippen LogP contribution in [0.2, 0.25) is 0 Å². The molecule has 0 aliphatic carbocycles. The van der Waals surface area contributed by atoms with E-state index in [1.165, 1.54) is 0 Å². The number of unbranched alkanes of at least 4 members (excludes halogenated alkanes) is 2. The monoisotopic (exact) mass is 436 g/mol. The Morgan fingerprint density at radius 2 is 1.74 bits per heavy atom. The third-order valence-corrected chi connectivity index (χ3v) is 5.56. The SMILES string of the molecule is CCOc1ccccc1-n1nnnc1SCCCCCn1nnc(-c2ccccc2)n1. The molecule has 10 heteroatoms. The molecular formula is C21H24N8OS. The second-order valence-corrected chi connectivity index (χ2v) is 7.82. The molecule has 2 aromatic heterocycles. The van der Waals surface area contributed by atoms with Gasteiger partial charge in [-0.15, -0.1) is 15.3 Å². The highest BCUT2D eigenvalue weighted by Gasteiger charge is 2.13. The van der Waals surface area contributed by atoms with Gasteiger partial charge in [0.05, 0.1) is 13.2 Å². The second kappa shape index (κ2) is 10.7. The fraction of sp³-hybridized carbons (Fsp3) is 0.333. The van der Waals surface area contributed by atoms with Gasteiger partial charge < -0.3 is 4.74 Å². The summed E-state index contributed by atoms with van der Waals surface area (Å²) in [6.45, 7) is 3.31. The molecule has 0 saturated heterocycles. The van der Waals surface area contributed by atoms with E-state index in [1.807, 2.05) is 61.5 Å². The van der Waals surface area contributed by atoms with Crippen LogP contribution in [0.25, 0.3) is 17.1 Å². The molecule has 0 radical (unpaired) electrons. The van der Waals surface area contributed by atoms with Gasteiger partial charge in [-0.25, -0.2) is 0 Å². The van der Waals surface area contributed by atoms with Crippen molar-refractivity contribution in [2.24, 2.45) is 0 Å². The van der Waals surface area contributed by atoms with E-state index in [0.717, 1.165) is 53.7 Å². The fourth-order valence-corrected chi connectivity index (χ4v) is 3.95. The zero-order chi connectivity index (χ0) is 21.3. The van der Waals surface area contributed by atoms with Crippen LogP contribution >= 0.6 is 11.8 Å². The first kappa shape index (κ1) is 21.0. The van der Waals surface area contributed by atoms with Crippen LogP contribution in [0.4, 0.5) is 0 Å². The van der Waals surface area contributed by atoms with E-state index in [2.05, 4.69) is 30.9 Å². The fourth-order valence-electron chi connectivity index (χ4n) is 3.07. The molecule has 0 atom stereocenters. The van der Waals surface area contributed by atoms with Gasteiger partial charge in [0.15, 0.2) is 0 Å². The Morgan fingerprint density at radius 1 is 0.903 bits per heavy atom.